The molecule has 0 radical (unpaired) electrons. The van der Waals surface area contributed by atoms with E-state index in [1.165, 1.54) is 45.1 Å². The summed E-state index contributed by atoms with van der Waals surface area (Å²) in [7, 11) is 0. The second kappa shape index (κ2) is 4.06. The normalized spacial score (nSPS) is 50.6. The molecule has 2 heteroatoms. The Bertz CT molecular complexity index is 231. The van der Waals surface area contributed by atoms with Gasteiger partial charge in [0.05, 0.1) is 6.10 Å². The molecular formula is C13H23NO. The summed E-state index contributed by atoms with van der Waals surface area (Å²) in [6, 6.07) is 0.646. The summed E-state index contributed by atoms with van der Waals surface area (Å²) in [5.41, 5.74) is 0. The molecule has 2 N–H and O–H groups in total. The van der Waals surface area contributed by atoms with Gasteiger partial charge in [0.15, 0.2) is 0 Å². The van der Waals surface area contributed by atoms with Gasteiger partial charge in [0.2, 0.25) is 0 Å². The Balaban J connectivity index is 1.70. The van der Waals surface area contributed by atoms with E-state index in [0.717, 1.165) is 18.3 Å². The van der Waals surface area contributed by atoms with Crippen LogP contribution in [-0.4, -0.2) is 23.8 Å². The van der Waals surface area contributed by atoms with Gasteiger partial charge in [-0.3, -0.25) is 0 Å². The fraction of sp³-hybridized carbons (Fsp3) is 1.00. The van der Waals surface area contributed by atoms with Crippen LogP contribution in [-0.2, 0) is 0 Å². The Labute approximate surface area is 92.4 Å². The van der Waals surface area contributed by atoms with Gasteiger partial charge in [-0.25, -0.2) is 0 Å². The Morgan fingerprint density at radius 3 is 2.53 bits per heavy atom. The molecule has 2 aliphatic carbocycles. The number of aliphatic hydroxyl groups is 1. The van der Waals surface area contributed by atoms with Crippen LogP contribution in [0.2, 0.25) is 0 Å². The quantitative estimate of drug-likeness (QED) is 0.691. The second-order valence-electron chi connectivity index (χ2n) is 5.80. The highest BCUT2D eigenvalue weighted by molar-refractivity contribution is 4.99. The standard InChI is InChI=1S/C13H23NO/c15-12-7-2-1-5-11(12)13-10-6-3-4-9(10)8-14-13/h9-15H,1-8H2. The third kappa shape index (κ3) is 1.72. The van der Waals surface area contributed by atoms with Crippen molar-refractivity contribution < 1.29 is 5.11 Å². The van der Waals surface area contributed by atoms with Crippen molar-refractivity contribution in [1.82, 2.24) is 5.32 Å². The summed E-state index contributed by atoms with van der Waals surface area (Å²) < 4.78 is 0. The maximum absolute atomic E-state index is 10.1. The smallest absolute Gasteiger partial charge is 0.0583 e. The Hall–Kier alpha value is -0.0800. The minimum atomic E-state index is -0.0180. The zero-order chi connectivity index (χ0) is 10.3. The van der Waals surface area contributed by atoms with Crippen LogP contribution >= 0.6 is 0 Å². The number of rotatable bonds is 1. The molecule has 1 heterocycles. The van der Waals surface area contributed by atoms with Crippen molar-refractivity contribution in [2.45, 2.75) is 57.1 Å². The first kappa shape index (κ1) is 10.1. The Morgan fingerprint density at radius 1 is 0.867 bits per heavy atom. The lowest BCUT2D eigenvalue weighted by molar-refractivity contribution is 0.0418. The highest BCUT2D eigenvalue weighted by Gasteiger charge is 2.44. The molecule has 15 heavy (non-hydrogen) atoms. The minimum absolute atomic E-state index is 0.0180. The van der Waals surface area contributed by atoms with Crippen LogP contribution in [0.3, 0.4) is 0 Å². The molecule has 1 saturated heterocycles. The number of hydrogen-bond acceptors (Lipinski definition) is 2. The predicted octanol–water partition coefficient (Wildman–Crippen LogP) is 1.93. The SMILES string of the molecule is OC1CCCCC1C1NCC2CCCC21. The van der Waals surface area contributed by atoms with Crippen LogP contribution in [0.4, 0.5) is 0 Å². The summed E-state index contributed by atoms with van der Waals surface area (Å²) >= 11 is 0. The third-order valence-corrected chi connectivity index (χ3v) is 5.04. The largest absolute Gasteiger partial charge is 0.393 e. The van der Waals surface area contributed by atoms with Gasteiger partial charge in [0, 0.05) is 12.0 Å². The van der Waals surface area contributed by atoms with Crippen molar-refractivity contribution in [3.8, 4) is 0 Å². The van der Waals surface area contributed by atoms with Crippen LogP contribution in [0, 0.1) is 17.8 Å². The molecule has 1 aliphatic heterocycles. The molecule has 0 aromatic rings. The first-order valence-corrected chi connectivity index (χ1v) is 6.78. The molecule has 3 fully saturated rings. The van der Waals surface area contributed by atoms with Crippen molar-refractivity contribution >= 4 is 0 Å². The van der Waals surface area contributed by atoms with Crippen LogP contribution < -0.4 is 5.32 Å². The fourth-order valence-electron chi connectivity index (χ4n) is 4.26. The van der Waals surface area contributed by atoms with E-state index in [4.69, 9.17) is 0 Å². The summed E-state index contributed by atoms with van der Waals surface area (Å²) in [5.74, 6) is 2.39. The van der Waals surface area contributed by atoms with Crippen molar-refractivity contribution in [3.63, 3.8) is 0 Å². The van der Waals surface area contributed by atoms with Gasteiger partial charge in [-0.2, -0.15) is 0 Å². The summed E-state index contributed by atoms with van der Waals surface area (Å²) in [5, 5.41) is 13.8. The van der Waals surface area contributed by atoms with Gasteiger partial charge in [0.1, 0.15) is 0 Å². The van der Waals surface area contributed by atoms with Crippen molar-refractivity contribution in [1.29, 1.82) is 0 Å². The molecule has 2 saturated carbocycles. The molecule has 0 amide bonds. The van der Waals surface area contributed by atoms with E-state index < -0.39 is 0 Å². The summed E-state index contributed by atoms with van der Waals surface area (Å²) in [6.07, 6.45) is 9.10. The molecular weight excluding hydrogens is 186 g/mol. The number of hydrogen-bond donors (Lipinski definition) is 2. The number of nitrogens with one attached hydrogen (secondary N) is 1. The maximum atomic E-state index is 10.1. The van der Waals surface area contributed by atoms with Crippen LogP contribution in [0.1, 0.15) is 44.9 Å². The molecule has 86 valence electrons. The Morgan fingerprint density at radius 2 is 1.67 bits per heavy atom. The highest BCUT2D eigenvalue weighted by Crippen LogP contribution is 2.43. The van der Waals surface area contributed by atoms with E-state index in [2.05, 4.69) is 5.32 Å². The van der Waals surface area contributed by atoms with E-state index in [1.807, 2.05) is 0 Å². The lowest BCUT2D eigenvalue weighted by Crippen LogP contribution is -2.43. The van der Waals surface area contributed by atoms with Gasteiger partial charge < -0.3 is 10.4 Å². The van der Waals surface area contributed by atoms with E-state index in [1.54, 1.807) is 0 Å². The molecule has 2 nitrogen and oxygen atoms in total. The fourth-order valence-corrected chi connectivity index (χ4v) is 4.26. The van der Waals surface area contributed by atoms with Gasteiger partial charge in [-0.05, 0) is 44.1 Å². The molecule has 3 rings (SSSR count). The third-order valence-electron chi connectivity index (χ3n) is 5.04. The zero-order valence-electron chi connectivity index (χ0n) is 9.49. The van der Waals surface area contributed by atoms with Gasteiger partial charge in [0.25, 0.3) is 0 Å². The molecule has 5 atom stereocenters. The molecule has 0 spiro atoms. The average Bonchev–Trinajstić information content (AvgIpc) is 2.80. The number of fused-ring (bicyclic) bond motifs is 1. The van der Waals surface area contributed by atoms with Crippen molar-refractivity contribution in [2.75, 3.05) is 6.54 Å². The van der Waals surface area contributed by atoms with E-state index >= 15 is 0 Å². The second-order valence-corrected chi connectivity index (χ2v) is 5.80. The highest BCUT2D eigenvalue weighted by atomic mass is 16.3. The molecule has 3 aliphatic rings. The maximum Gasteiger partial charge on any atom is 0.0583 e. The van der Waals surface area contributed by atoms with Crippen molar-refractivity contribution in [3.05, 3.63) is 0 Å². The van der Waals surface area contributed by atoms with Crippen LogP contribution in [0.5, 0.6) is 0 Å². The minimum Gasteiger partial charge on any atom is -0.393 e. The van der Waals surface area contributed by atoms with Gasteiger partial charge in [-0.15, -0.1) is 0 Å². The first-order valence-electron chi connectivity index (χ1n) is 6.78. The average molecular weight is 209 g/mol. The first-order chi connectivity index (χ1) is 7.36. The van der Waals surface area contributed by atoms with Gasteiger partial charge in [-0.1, -0.05) is 19.3 Å². The van der Waals surface area contributed by atoms with E-state index in [9.17, 15) is 5.11 Å². The molecule has 5 unspecified atom stereocenters. The molecule has 0 aromatic carbocycles. The monoisotopic (exact) mass is 209 g/mol. The summed E-state index contributed by atoms with van der Waals surface area (Å²) in [4.78, 5) is 0. The summed E-state index contributed by atoms with van der Waals surface area (Å²) in [6.45, 7) is 1.22. The van der Waals surface area contributed by atoms with Gasteiger partial charge >= 0.3 is 0 Å². The van der Waals surface area contributed by atoms with Crippen LogP contribution in [0.25, 0.3) is 0 Å². The lowest BCUT2D eigenvalue weighted by atomic mass is 9.76. The number of aliphatic hydroxyl groups excluding tert-OH is 1. The topological polar surface area (TPSA) is 32.3 Å². The predicted molar refractivity (Wildman–Crippen MR) is 60.6 cm³/mol. The molecule has 0 bridgehead atoms. The Kier molecular flexibility index (Phi) is 2.73. The molecule has 0 aromatic heterocycles. The lowest BCUT2D eigenvalue weighted by Gasteiger charge is -2.35. The van der Waals surface area contributed by atoms with Crippen LogP contribution in [0.15, 0.2) is 0 Å². The van der Waals surface area contributed by atoms with E-state index in [0.29, 0.717) is 12.0 Å². The zero-order valence-corrected chi connectivity index (χ0v) is 9.49. The van der Waals surface area contributed by atoms with Crippen molar-refractivity contribution in [2.24, 2.45) is 17.8 Å². The van der Waals surface area contributed by atoms with E-state index in [-0.39, 0.29) is 6.10 Å².